The van der Waals surface area contributed by atoms with E-state index in [1.807, 2.05) is 48.5 Å². The second-order valence-corrected chi connectivity index (χ2v) is 5.30. The standard InChI is InChI=1S/C16H17O2.C5H5.Fe/c1-13(17)18-12-16-9-5-8-15(16)11-10-14-6-3-2-4-7-14;1-2-4-5-3-1;/h2-9H,10-12H2,1H3;1-5H;/q2*-1;+2. The summed E-state index contributed by atoms with van der Waals surface area (Å²) in [5.74, 6) is -0.231. The molecule has 0 N–H and O–H groups in total. The first kappa shape index (κ1) is 20.0. The van der Waals surface area contributed by atoms with Crippen LogP contribution in [0, 0.1) is 0 Å². The maximum atomic E-state index is 10.8. The van der Waals surface area contributed by atoms with Gasteiger partial charge in [-0.3, -0.25) is 4.79 Å². The second kappa shape index (κ2) is 11.4. The number of rotatable bonds is 5. The van der Waals surface area contributed by atoms with Crippen LogP contribution in [0.3, 0.4) is 0 Å². The van der Waals surface area contributed by atoms with Crippen molar-refractivity contribution in [3.05, 3.63) is 95.6 Å². The van der Waals surface area contributed by atoms with Gasteiger partial charge in [0.05, 0.1) is 6.61 Å². The molecule has 3 heteroatoms. The molecule has 126 valence electrons. The number of benzene rings is 1. The third kappa shape index (κ3) is 7.45. The topological polar surface area (TPSA) is 26.3 Å². The molecule has 0 radical (unpaired) electrons. The zero-order valence-corrected chi connectivity index (χ0v) is 14.9. The van der Waals surface area contributed by atoms with E-state index < -0.39 is 0 Å². The van der Waals surface area contributed by atoms with Gasteiger partial charge >= 0.3 is 23.0 Å². The Morgan fingerprint density at radius 2 is 1.75 bits per heavy atom. The maximum Gasteiger partial charge on any atom is 2.00 e. The fraction of sp³-hybridized carbons (Fsp3) is 0.190. The molecule has 0 bridgehead atoms. The Hall–Kier alpha value is -2.09. The molecule has 0 aliphatic heterocycles. The van der Waals surface area contributed by atoms with Crippen molar-refractivity contribution in [1.29, 1.82) is 0 Å². The fourth-order valence-electron chi connectivity index (χ4n) is 2.30. The van der Waals surface area contributed by atoms with Gasteiger partial charge in [0.25, 0.3) is 0 Å². The molecule has 0 fully saturated rings. The third-order valence-electron chi connectivity index (χ3n) is 3.52. The molecular formula is C21H22FeO2. The molecule has 0 saturated carbocycles. The molecular weight excluding hydrogens is 340 g/mol. The van der Waals surface area contributed by atoms with E-state index in [0.29, 0.717) is 6.61 Å². The van der Waals surface area contributed by atoms with Crippen LogP contribution >= 0.6 is 0 Å². The smallest absolute Gasteiger partial charge is 0.463 e. The van der Waals surface area contributed by atoms with E-state index in [0.717, 1.165) is 18.4 Å². The zero-order valence-electron chi connectivity index (χ0n) is 13.8. The molecule has 0 aliphatic rings. The van der Waals surface area contributed by atoms with Crippen molar-refractivity contribution in [3.8, 4) is 0 Å². The van der Waals surface area contributed by atoms with E-state index in [1.165, 1.54) is 18.1 Å². The first-order valence-electron chi connectivity index (χ1n) is 7.83. The Balaban J connectivity index is 0.000000412. The normalized spacial score (nSPS) is 9.38. The Labute approximate surface area is 154 Å². The van der Waals surface area contributed by atoms with Gasteiger partial charge < -0.3 is 4.74 Å². The molecule has 0 atom stereocenters. The Bertz CT molecular complexity index is 652. The van der Waals surface area contributed by atoms with Gasteiger partial charge in [-0.2, -0.15) is 29.8 Å². The van der Waals surface area contributed by atoms with Crippen LogP contribution in [0.1, 0.15) is 23.6 Å². The quantitative estimate of drug-likeness (QED) is 0.375. The Morgan fingerprint density at radius 1 is 1.04 bits per heavy atom. The number of esters is 1. The summed E-state index contributed by atoms with van der Waals surface area (Å²) in [6, 6.07) is 26.5. The third-order valence-corrected chi connectivity index (χ3v) is 3.52. The van der Waals surface area contributed by atoms with Crippen LogP contribution in [0.4, 0.5) is 0 Å². The van der Waals surface area contributed by atoms with Crippen molar-refractivity contribution in [3.63, 3.8) is 0 Å². The van der Waals surface area contributed by atoms with Crippen LogP contribution < -0.4 is 0 Å². The summed E-state index contributed by atoms with van der Waals surface area (Å²) in [6.45, 7) is 1.82. The Kier molecular flexibility index (Phi) is 9.52. The van der Waals surface area contributed by atoms with Gasteiger partial charge in [-0.25, -0.2) is 24.3 Å². The summed E-state index contributed by atoms with van der Waals surface area (Å²) in [5.41, 5.74) is 3.71. The molecule has 0 heterocycles. The van der Waals surface area contributed by atoms with E-state index in [-0.39, 0.29) is 23.0 Å². The van der Waals surface area contributed by atoms with Gasteiger partial charge in [-0.05, 0) is 12.0 Å². The molecule has 24 heavy (non-hydrogen) atoms. The van der Waals surface area contributed by atoms with Crippen molar-refractivity contribution in [2.24, 2.45) is 0 Å². The van der Waals surface area contributed by atoms with Crippen LogP contribution in [-0.2, 0) is 46.0 Å². The van der Waals surface area contributed by atoms with Gasteiger partial charge in [-0.1, -0.05) is 36.8 Å². The van der Waals surface area contributed by atoms with E-state index in [1.54, 1.807) is 0 Å². The summed E-state index contributed by atoms with van der Waals surface area (Å²) in [5, 5.41) is 0. The van der Waals surface area contributed by atoms with Crippen LogP contribution in [0.5, 0.6) is 0 Å². The summed E-state index contributed by atoms with van der Waals surface area (Å²) in [7, 11) is 0. The molecule has 3 rings (SSSR count). The molecule has 0 saturated heterocycles. The van der Waals surface area contributed by atoms with Gasteiger partial charge in [0.1, 0.15) is 0 Å². The molecule has 0 unspecified atom stereocenters. The predicted octanol–water partition coefficient (Wildman–Crippen LogP) is 4.66. The summed E-state index contributed by atoms with van der Waals surface area (Å²) >= 11 is 0. The molecule has 0 aliphatic carbocycles. The van der Waals surface area contributed by atoms with E-state index in [2.05, 4.69) is 30.3 Å². The minimum Gasteiger partial charge on any atom is -0.463 e. The van der Waals surface area contributed by atoms with E-state index in [4.69, 9.17) is 4.74 Å². The van der Waals surface area contributed by atoms with E-state index in [9.17, 15) is 4.79 Å². The van der Waals surface area contributed by atoms with Gasteiger partial charge in [0.15, 0.2) is 0 Å². The first-order chi connectivity index (χ1) is 11.3. The largest absolute Gasteiger partial charge is 2.00 e. The molecule has 3 aromatic rings. The molecule has 0 spiro atoms. The molecule has 3 aromatic carbocycles. The predicted molar refractivity (Wildman–Crippen MR) is 93.4 cm³/mol. The van der Waals surface area contributed by atoms with Crippen LogP contribution in [0.15, 0.2) is 78.9 Å². The number of carbonyl (C=O) groups is 1. The molecule has 0 aromatic heterocycles. The van der Waals surface area contributed by atoms with Crippen molar-refractivity contribution in [1.82, 2.24) is 0 Å². The monoisotopic (exact) mass is 362 g/mol. The van der Waals surface area contributed by atoms with Gasteiger partial charge in [-0.15, -0.1) is 5.56 Å². The van der Waals surface area contributed by atoms with Crippen LogP contribution in [0.25, 0.3) is 0 Å². The summed E-state index contributed by atoms with van der Waals surface area (Å²) in [6.07, 6.45) is 1.99. The SMILES string of the molecule is CC(=O)OCc1ccc[c-]1CCc1ccccc1.[Fe+2].c1cc[cH-]c1. The minimum absolute atomic E-state index is 0. The minimum atomic E-state index is -0.231. The van der Waals surface area contributed by atoms with E-state index >= 15 is 0 Å². The first-order valence-corrected chi connectivity index (χ1v) is 7.83. The maximum absolute atomic E-state index is 10.8. The number of hydrogen-bond donors (Lipinski definition) is 0. The number of hydrogen-bond acceptors (Lipinski definition) is 2. The Morgan fingerprint density at radius 3 is 2.33 bits per heavy atom. The van der Waals surface area contributed by atoms with Crippen LogP contribution in [-0.4, -0.2) is 5.97 Å². The van der Waals surface area contributed by atoms with Crippen molar-refractivity contribution < 1.29 is 26.6 Å². The van der Waals surface area contributed by atoms with Crippen LogP contribution in [0.2, 0.25) is 0 Å². The fourth-order valence-corrected chi connectivity index (χ4v) is 2.30. The summed E-state index contributed by atoms with van der Waals surface area (Å²) in [4.78, 5) is 10.8. The molecule has 0 amide bonds. The average molecular weight is 362 g/mol. The number of aryl methyl sites for hydroxylation is 2. The summed E-state index contributed by atoms with van der Waals surface area (Å²) < 4.78 is 5.04. The zero-order chi connectivity index (χ0) is 16.3. The van der Waals surface area contributed by atoms with Gasteiger partial charge in [0.2, 0.25) is 0 Å². The van der Waals surface area contributed by atoms with Crippen molar-refractivity contribution in [2.75, 3.05) is 0 Å². The number of carbonyl (C=O) groups excluding carboxylic acids is 1. The van der Waals surface area contributed by atoms with Crippen molar-refractivity contribution >= 4 is 5.97 Å². The van der Waals surface area contributed by atoms with Crippen molar-refractivity contribution in [2.45, 2.75) is 26.4 Å². The van der Waals surface area contributed by atoms with Gasteiger partial charge in [0, 0.05) is 6.92 Å². The molecule has 2 nitrogen and oxygen atoms in total. The average Bonchev–Trinajstić information content (AvgIpc) is 3.26. The second-order valence-electron chi connectivity index (χ2n) is 5.30. The number of ether oxygens (including phenoxy) is 1.